The summed E-state index contributed by atoms with van der Waals surface area (Å²) in [6.07, 6.45) is 23.8. The average Bonchev–Trinajstić information content (AvgIpc) is 2.58. The van der Waals surface area contributed by atoms with E-state index in [2.05, 4.69) is 19.1 Å². The van der Waals surface area contributed by atoms with Crippen molar-refractivity contribution < 1.29 is 5.11 Å². The SMILES string of the molecule is CCCCCCCCCCCCCCCC=Cc1cccc(O)c1. The van der Waals surface area contributed by atoms with Crippen molar-refractivity contribution in [1.29, 1.82) is 0 Å². The summed E-state index contributed by atoms with van der Waals surface area (Å²) in [5.41, 5.74) is 1.09. The van der Waals surface area contributed by atoms with Crippen LogP contribution in [0.3, 0.4) is 0 Å². The van der Waals surface area contributed by atoms with E-state index in [0.717, 1.165) is 12.0 Å². The minimum atomic E-state index is 0.345. The van der Waals surface area contributed by atoms with Crippen molar-refractivity contribution in [2.75, 3.05) is 0 Å². The van der Waals surface area contributed by atoms with E-state index >= 15 is 0 Å². The quantitative estimate of drug-likeness (QED) is 0.324. The van der Waals surface area contributed by atoms with Crippen molar-refractivity contribution >= 4 is 6.08 Å². The molecule has 0 saturated carbocycles. The lowest BCUT2D eigenvalue weighted by Gasteiger charge is -2.02. The molecule has 0 amide bonds. The second kappa shape index (κ2) is 15.3. The van der Waals surface area contributed by atoms with Crippen molar-refractivity contribution in [1.82, 2.24) is 0 Å². The molecule has 1 aromatic carbocycles. The van der Waals surface area contributed by atoms with Crippen LogP contribution in [0.25, 0.3) is 6.08 Å². The Morgan fingerprint density at radius 3 is 1.83 bits per heavy atom. The largest absolute Gasteiger partial charge is 0.508 e. The zero-order valence-corrected chi connectivity index (χ0v) is 15.8. The molecule has 0 fully saturated rings. The maximum absolute atomic E-state index is 9.40. The minimum absolute atomic E-state index is 0.345. The molecule has 0 aromatic heterocycles. The van der Waals surface area contributed by atoms with E-state index in [-0.39, 0.29) is 0 Å². The van der Waals surface area contributed by atoms with Crippen molar-refractivity contribution in [3.05, 3.63) is 35.9 Å². The number of hydrogen-bond donors (Lipinski definition) is 1. The standard InChI is InChI=1S/C23H38O/c1-2-3-4-5-6-7-8-9-10-11-12-13-14-15-16-18-22-19-17-20-23(24)21-22/h16-21,24H,2-15H2,1H3. The van der Waals surface area contributed by atoms with Gasteiger partial charge in [-0.3, -0.25) is 0 Å². The molecule has 0 aliphatic heterocycles. The van der Waals surface area contributed by atoms with Crippen LogP contribution in [0.1, 0.15) is 102 Å². The van der Waals surface area contributed by atoms with Crippen LogP contribution in [0.15, 0.2) is 30.3 Å². The molecule has 0 saturated heterocycles. The number of allylic oxidation sites excluding steroid dienone is 1. The smallest absolute Gasteiger partial charge is 0.116 e. The topological polar surface area (TPSA) is 20.2 Å². The number of phenols is 1. The first-order valence-corrected chi connectivity index (χ1v) is 10.3. The fraction of sp³-hybridized carbons (Fsp3) is 0.652. The average molecular weight is 331 g/mol. The Labute approximate surface area is 150 Å². The lowest BCUT2D eigenvalue weighted by molar-refractivity contribution is 0.475. The van der Waals surface area contributed by atoms with Crippen LogP contribution in [0.2, 0.25) is 0 Å². The predicted molar refractivity (Wildman–Crippen MR) is 107 cm³/mol. The van der Waals surface area contributed by atoms with E-state index in [1.165, 1.54) is 83.5 Å². The fourth-order valence-corrected chi connectivity index (χ4v) is 3.13. The second-order valence-corrected chi connectivity index (χ2v) is 7.03. The maximum atomic E-state index is 9.40. The molecule has 0 atom stereocenters. The lowest BCUT2D eigenvalue weighted by Crippen LogP contribution is -1.82. The first-order valence-electron chi connectivity index (χ1n) is 10.3. The number of phenolic OH excluding ortho intramolecular Hbond substituents is 1. The van der Waals surface area contributed by atoms with Crippen LogP contribution in [0, 0.1) is 0 Å². The molecule has 1 nitrogen and oxygen atoms in total. The summed E-state index contributed by atoms with van der Waals surface area (Å²) < 4.78 is 0. The van der Waals surface area contributed by atoms with Crippen molar-refractivity contribution in [3.63, 3.8) is 0 Å². The molecule has 0 aliphatic carbocycles. The van der Waals surface area contributed by atoms with Gasteiger partial charge in [0, 0.05) is 0 Å². The normalized spacial score (nSPS) is 11.4. The maximum Gasteiger partial charge on any atom is 0.116 e. The highest BCUT2D eigenvalue weighted by Gasteiger charge is 1.93. The van der Waals surface area contributed by atoms with Gasteiger partial charge in [0.1, 0.15) is 5.75 Å². The summed E-state index contributed by atoms with van der Waals surface area (Å²) in [7, 11) is 0. The molecule has 0 heterocycles. The van der Waals surface area contributed by atoms with Crippen LogP contribution in [-0.2, 0) is 0 Å². The monoisotopic (exact) mass is 330 g/mol. The highest BCUT2D eigenvalue weighted by molar-refractivity contribution is 5.51. The van der Waals surface area contributed by atoms with Crippen LogP contribution in [0.5, 0.6) is 5.75 Å². The number of aromatic hydroxyl groups is 1. The third-order valence-corrected chi connectivity index (χ3v) is 4.65. The first kappa shape index (κ1) is 20.8. The Morgan fingerprint density at radius 1 is 0.750 bits per heavy atom. The van der Waals surface area contributed by atoms with Gasteiger partial charge in [0.05, 0.1) is 0 Å². The molecular formula is C23H38O. The van der Waals surface area contributed by atoms with Crippen LogP contribution in [-0.4, -0.2) is 5.11 Å². The number of hydrogen-bond acceptors (Lipinski definition) is 1. The van der Waals surface area contributed by atoms with Gasteiger partial charge < -0.3 is 5.11 Å². The van der Waals surface area contributed by atoms with Gasteiger partial charge in [0.15, 0.2) is 0 Å². The highest BCUT2D eigenvalue weighted by Crippen LogP contribution is 2.14. The summed E-state index contributed by atoms with van der Waals surface area (Å²) in [5.74, 6) is 0.345. The van der Waals surface area contributed by atoms with E-state index in [4.69, 9.17) is 0 Å². The van der Waals surface area contributed by atoms with E-state index in [1.807, 2.05) is 12.1 Å². The minimum Gasteiger partial charge on any atom is -0.508 e. The van der Waals surface area contributed by atoms with Crippen LogP contribution >= 0.6 is 0 Å². The summed E-state index contributed by atoms with van der Waals surface area (Å²) in [5, 5.41) is 9.40. The molecule has 0 spiro atoms. The third-order valence-electron chi connectivity index (χ3n) is 4.65. The summed E-state index contributed by atoms with van der Waals surface area (Å²) in [6.45, 7) is 2.28. The van der Waals surface area contributed by atoms with Crippen molar-refractivity contribution in [2.45, 2.75) is 96.8 Å². The van der Waals surface area contributed by atoms with Gasteiger partial charge in [-0.25, -0.2) is 0 Å². The zero-order chi connectivity index (χ0) is 17.3. The molecule has 24 heavy (non-hydrogen) atoms. The van der Waals surface area contributed by atoms with Gasteiger partial charge in [-0.15, -0.1) is 0 Å². The Balaban J connectivity index is 1.82. The number of benzene rings is 1. The van der Waals surface area contributed by atoms with Gasteiger partial charge in [0.25, 0.3) is 0 Å². The van der Waals surface area contributed by atoms with Gasteiger partial charge in [0.2, 0.25) is 0 Å². The van der Waals surface area contributed by atoms with Gasteiger partial charge in [-0.2, -0.15) is 0 Å². The van der Waals surface area contributed by atoms with Crippen molar-refractivity contribution in [3.8, 4) is 5.75 Å². The van der Waals surface area contributed by atoms with Crippen LogP contribution in [0.4, 0.5) is 0 Å². The van der Waals surface area contributed by atoms with E-state index in [1.54, 1.807) is 12.1 Å². The van der Waals surface area contributed by atoms with E-state index in [9.17, 15) is 5.11 Å². The third kappa shape index (κ3) is 12.2. The molecule has 1 rings (SSSR count). The Morgan fingerprint density at radius 2 is 1.29 bits per heavy atom. The van der Waals surface area contributed by atoms with Gasteiger partial charge >= 0.3 is 0 Å². The summed E-state index contributed by atoms with van der Waals surface area (Å²) >= 11 is 0. The molecule has 1 heteroatoms. The molecule has 0 radical (unpaired) electrons. The Hall–Kier alpha value is -1.24. The van der Waals surface area contributed by atoms with E-state index in [0.29, 0.717) is 5.75 Å². The predicted octanol–water partition coefficient (Wildman–Crippen LogP) is 7.89. The number of rotatable bonds is 15. The lowest BCUT2D eigenvalue weighted by atomic mass is 10.0. The highest BCUT2D eigenvalue weighted by atomic mass is 16.3. The van der Waals surface area contributed by atoms with Crippen LogP contribution < -0.4 is 0 Å². The summed E-state index contributed by atoms with van der Waals surface area (Å²) in [4.78, 5) is 0. The van der Waals surface area contributed by atoms with Gasteiger partial charge in [-0.05, 0) is 30.5 Å². The molecule has 1 aromatic rings. The zero-order valence-electron chi connectivity index (χ0n) is 15.8. The first-order chi connectivity index (χ1) is 11.8. The molecule has 0 unspecified atom stereocenters. The molecule has 0 bridgehead atoms. The fourth-order valence-electron chi connectivity index (χ4n) is 3.13. The number of unbranched alkanes of at least 4 members (excludes halogenated alkanes) is 13. The van der Waals surface area contributed by atoms with Crippen molar-refractivity contribution in [2.24, 2.45) is 0 Å². The molecule has 1 N–H and O–H groups in total. The molecule has 136 valence electrons. The molecular weight excluding hydrogens is 292 g/mol. The molecule has 0 aliphatic rings. The van der Waals surface area contributed by atoms with E-state index < -0.39 is 0 Å². The van der Waals surface area contributed by atoms with Gasteiger partial charge in [-0.1, -0.05) is 108 Å². The second-order valence-electron chi connectivity index (χ2n) is 7.03. The summed E-state index contributed by atoms with van der Waals surface area (Å²) in [6, 6.07) is 7.43. The Bertz CT molecular complexity index is 422. The Kier molecular flexibility index (Phi) is 13.3.